The van der Waals surface area contributed by atoms with E-state index in [2.05, 4.69) is 43.4 Å². The third-order valence-corrected chi connectivity index (χ3v) is 4.29. The van der Waals surface area contributed by atoms with Crippen LogP contribution in [0.15, 0.2) is 24.3 Å². The van der Waals surface area contributed by atoms with Gasteiger partial charge in [-0.05, 0) is 45.2 Å². The summed E-state index contributed by atoms with van der Waals surface area (Å²) >= 11 is 0. The molecule has 0 aliphatic heterocycles. The largest absolute Gasteiger partial charge is 0.376 e. The van der Waals surface area contributed by atoms with Crippen molar-refractivity contribution in [2.75, 3.05) is 13.7 Å². The van der Waals surface area contributed by atoms with Crippen molar-refractivity contribution in [3.8, 4) is 0 Å². The van der Waals surface area contributed by atoms with E-state index in [4.69, 9.17) is 4.74 Å². The van der Waals surface area contributed by atoms with E-state index in [1.807, 2.05) is 7.05 Å². The Balaban J connectivity index is 1.90. The Morgan fingerprint density at radius 1 is 1.21 bits per heavy atom. The molecule has 1 saturated carbocycles. The third kappa shape index (κ3) is 4.05. The number of aryl methyl sites for hydroxylation is 1. The highest BCUT2D eigenvalue weighted by atomic mass is 16.5. The Hall–Kier alpha value is -0.860. The predicted molar refractivity (Wildman–Crippen MR) is 80.4 cm³/mol. The van der Waals surface area contributed by atoms with Gasteiger partial charge in [0, 0.05) is 6.61 Å². The molecule has 0 amide bonds. The molecule has 0 bridgehead atoms. The van der Waals surface area contributed by atoms with Crippen LogP contribution in [0.25, 0.3) is 0 Å². The van der Waals surface area contributed by atoms with Crippen molar-refractivity contribution in [1.82, 2.24) is 5.32 Å². The van der Waals surface area contributed by atoms with Crippen LogP contribution in [0.5, 0.6) is 0 Å². The summed E-state index contributed by atoms with van der Waals surface area (Å²) < 4.78 is 6.10. The number of ether oxygens (including phenoxy) is 1. The minimum atomic E-state index is 0.216. The molecule has 1 aliphatic rings. The smallest absolute Gasteiger partial charge is 0.0741 e. The van der Waals surface area contributed by atoms with E-state index in [0.717, 1.165) is 12.5 Å². The Kier molecular flexibility index (Phi) is 5.41. The summed E-state index contributed by atoms with van der Waals surface area (Å²) in [6.45, 7) is 5.22. The van der Waals surface area contributed by atoms with Gasteiger partial charge >= 0.3 is 0 Å². The molecule has 2 rings (SSSR count). The van der Waals surface area contributed by atoms with Gasteiger partial charge in [0.2, 0.25) is 0 Å². The van der Waals surface area contributed by atoms with E-state index in [9.17, 15) is 0 Å². The lowest BCUT2D eigenvalue weighted by Crippen LogP contribution is -2.30. The first kappa shape index (κ1) is 14.5. The summed E-state index contributed by atoms with van der Waals surface area (Å²) in [5.74, 6) is 0.790. The lowest BCUT2D eigenvalue weighted by atomic mass is 10.0. The molecule has 0 aromatic heterocycles. The third-order valence-electron chi connectivity index (χ3n) is 4.29. The molecular formula is C17H27NO. The van der Waals surface area contributed by atoms with Gasteiger partial charge in [-0.2, -0.15) is 0 Å². The Morgan fingerprint density at radius 3 is 2.42 bits per heavy atom. The zero-order chi connectivity index (χ0) is 13.7. The molecule has 2 nitrogen and oxygen atoms in total. The molecule has 1 aliphatic carbocycles. The van der Waals surface area contributed by atoms with Crippen molar-refractivity contribution in [3.63, 3.8) is 0 Å². The maximum absolute atomic E-state index is 6.10. The summed E-state index contributed by atoms with van der Waals surface area (Å²) in [6.07, 6.45) is 5.68. The van der Waals surface area contributed by atoms with Crippen molar-refractivity contribution in [2.24, 2.45) is 5.92 Å². The van der Waals surface area contributed by atoms with E-state index < -0.39 is 0 Å². The van der Waals surface area contributed by atoms with Gasteiger partial charge in [-0.25, -0.2) is 0 Å². The second kappa shape index (κ2) is 7.06. The Morgan fingerprint density at radius 2 is 1.84 bits per heavy atom. The molecule has 1 N–H and O–H groups in total. The minimum absolute atomic E-state index is 0.216. The van der Waals surface area contributed by atoms with Gasteiger partial charge in [-0.1, -0.05) is 42.7 Å². The van der Waals surface area contributed by atoms with Gasteiger partial charge in [0.25, 0.3) is 0 Å². The van der Waals surface area contributed by atoms with Gasteiger partial charge in [-0.15, -0.1) is 0 Å². The lowest BCUT2D eigenvalue weighted by molar-refractivity contribution is 0.0194. The molecular weight excluding hydrogens is 234 g/mol. The summed E-state index contributed by atoms with van der Waals surface area (Å²) in [5, 5.41) is 3.39. The summed E-state index contributed by atoms with van der Waals surface area (Å²) in [7, 11) is 2.01. The quantitative estimate of drug-likeness (QED) is 0.840. The van der Waals surface area contributed by atoms with Crippen LogP contribution in [0.2, 0.25) is 0 Å². The van der Waals surface area contributed by atoms with Crippen LogP contribution in [0.1, 0.15) is 49.8 Å². The first-order chi connectivity index (χ1) is 9.20. The molecule has 2 unspecified atom stereocenters. The number of rotatable bonds is 6. The fraction of sp³-hybridized carbons (Fsp3) is 0.647. The summed E-state index contributed by atoms with van der Waals surface area (Å²) in [5.41, 5.74) is 2.62. The van der Waals surface area contributed by atoms with Gasteiger partial charge < -0.3 is 10.1 Å². The lowest BCUT2D eigenvalue weighted by Gasteiger charge is -2.25. The Bertz CT molecular complexity index is 367. The van der Waals surface area contributed by atoms with Gasteiger partial charge in [-0.3, -0.25) is 0 Å². The van der Waals surface area contributed by atoms with Gasteiger partial charge in [0.05, 0.1) is 12.1 Å². The van der Waals surface area contributed by atoms with E-state index in [1.165, 1.54) is 36.8 Å². The van der Waals surface area contributed by atoms with Crippen LogP contribution in [0.3, 0.4) is 0 Å². The first-order valence-electron chi connectivity index (χ1n) is 7.56. The molecule has 2 atom stereocenters. The van der Waals surface area contributed by atoms with Crippen LogP contribution < -0.4 is 5.32 Å². The monoisotopic (exact) mass is 261 g/mol. The summed E-state index contributed by atoms with van der Waals surface area (Å²) in [4.78, 5) is 0. The van der Waals surface area contributed by atoms with Crippen molar-refractivity contribution in [1.29, 1.82) is 0 Å². The van der Waals surface area contributed by atoms with Gasteiger partial charge in [0.15, 0.2) is 0 Å². The van der Waals surface area contributed by atoms with Crippen molar-refractivity contribution in [2.45, 2.75) is 51.7 Å². The average molecular weight is 261 g/mol. The van der Waals surface area contributed by atoms with Crippen molar-refractivity contribution >= 4 is 0 Å². The van der Waals surface area contributed by atoms with Crippen molar-refractivity contribution < 1.29 is 4.74 Å². The molecule has 0 radical (unpaired) electrons. The molecule has 0 heterocycles. The van der Waals surface area contributed by atoms with E-state index in [-0.39, 0.29) is 12.1 Å². The van der Waals surface area contributed by atoms with Crippen LogP contribution in [0, 0.1) is 12.8 Å². The Labute approximate surface area is 117 Å². The summed E-state index contributed by atoms with van der Waals surface area (Å²) in [6, 6.07) is 9.02. The number of likely N-dealkylation sites (N-methyl/N-ethyl adjacent to an activating group) is 1. The normalized spacial score (nSPS) is 19.5. The molecule has 2 heteroatoms. The van der Waals surface area contributed by atoms with Crippen LogP contribution >= 0.6 is 0 Å². The second-order valence-corrected chi connectivity index (χ2v) is 5.87. The molecule has 0 saturated heterocycles. The van der Waals surface area contributed by atoms with Crippen LogP contribution in [-0.4, -0.2) is 19.8 Å². The van der Waals surface area contributed by atoms with Crippen LogP contribution in [-0.2, 0) is 4.74 Å². The van der Waals surface area contributed by atoms with E-state index in [1.54, 1.807) is 0 Å². The number of hydrogen-bond donors (Lipinski definition) is 1. The topological polar surface area (TPSA) is 21.3 Å². The first-order valence-corrected chi connectivity index (χ1v) is 7.56. The highest BCUT2D eigenvalue weighted by Crippen LogP contribution is 2.26. The standard InChI is InChI=1S/C17H27NO/c1-13-8-10-16(11-9-13)17(18-3)14(2)19-12-15-6-4-5-7-15/h8-11,14-15,17-18H,4-7,12H2,1-3H3. The van der Waals surface area contributed by atoms with Crippen molar-refractivity contribution in [3.05, 3.63) is 35.4 Å². The SMILES string of the molecule is CNC(c1ccc(C)cc1)C(C)OCC1CCCC1. The molecule has 1 aromatic carbocycles. The van der Waals surface area contributed by atoms with E-state index >= 15 is 0 Å². The number of benzene rings is 1. The molecule has 19 heavy (non-hydrogen) atoms. The maximum Gasteiger partial charge on any atom is 0.0741 e. The fourth-order valence-corrected chi connectivity index (χ4v) is 3.01. The molecule has 1 fully saturated rings. The fourth-order valence-electron chi connectivity index (χ4n) is 3.01. The molecule has 1 aromatic rings. The maximum atomic E-state index is 6.10. The number of hydrogen-bond acceptors (Lipinski definition) is 2. The highest BCUT2D eigenvalue weighted by molar-refractivity contribution is 5.24. The minimum Gasteiger partial charge on any atom is -0.376 e. The predicted octanol–water partition coefficient (Wildman–Crippen LogP) is 3.85. The van der Waals surface area contributed by atoms with Gasteiger partial charge in [0.1, 0.15) is 0 Å². The van der Waals surface area contributed by atoms with Crippen LogP contribution in [0.4, 0.5) is 0 Å². The second-order valence-electron chi connectivity index (χ2n) is 5.87. The average Bonchev–Trinajstić information content (AvgIpc) is 2.92. The number of nitrogens with one attached hydrogen (secondary N) is 1. The molecule has 0 spiro atoms. The molecule has 106 valence electrons. The zero-order valence-corrected chi connectivity index (χ0v) is 12.5. The van der Waals surface area contributed by atoms with E-state index in [0.29, 0.717) is 0 Å². The zero-order valence-electron chi connectivity index (χ0n) is 12.5. The highest BCUT2D eigenvalue weighted by Gasteiger charge is 2.21.